The third-order valence-electron chi connectivity index (χ3n) is 5.77. The van der Waals surface area contributed by atoms with Gasteiger partial charge in [0, 0.05) is 23.4 Å². The van der Waals surface area contributed by atoms with E-state index in [-0.39, 0.29) is 17.3 Å². The lowest BCUT2D eigenvalue weighted by molar-refractivity contribution is -0.140. The summed E-state index contributed by atoms with van der Waals surface area (Å²) in [5.74, 6) is 0.378. The van der Waals surface area contributed by atoms with Gasteiger partial charge in [0.25, 0.3) is 0 Å². The van der Waals surface area contributed by atoms with Gasteiger partial charge < -0.3 is 14.8 Å². The zero-order chi connectivity index (χ0) is 22.7. The maximum Gasteiger partial charge on any atom is 0.432 e. The van der Waals surface area contributed by atoms with Crippen LogP contribution in [-0.4, -0.2) is 32.6 Å². The molecule has 0 unspecified atom stereocenters. The molecule has 1 fully saturated rings. The highest BCUT2D eigenvalue weighted by Gasteiger charge is 2.33. The molecule has 0 atom stereocenters. The van der Waals surface area contributed by atoms with Crippen LogP contribution in [0.15, 0.2) is 48.8 Å². The lowest BCUT2D eigenvalue weighted by Crippen LogP contribution is -2.19. The molecule has 0 saturated heterocycles. The van der Waals surface area contributed by atoms with Gasteiger partial charge >= 0.3 is 12.1 Å². The number of H-pyrrole nitrogens is 1. The molecule has 0 bridgehead atoms. The minimum Gasteiger partial charge on any atom is -0.493 e. The van der Waals surface area contributed by atoms with Gasteiger partial charge in [-0.3, -0.25) is 4.98 Å². The van der Waals surface area contributed by atoms with Gasteiger partial charge in [-0.2, -0.15) is 13.2 Å². The van der Waals surface area contributed by atoms with E-state index in [0.717, 1.165) is 37.6 Å². The molecule has 2 aromatic heterocycles. The van der Waals surface area contributed by atoms with Crippen molar-refractivity contribution in [2.45, 2.75) is 37.8 Å². The van der Waals surface area contributed by atoms with Crippen molar-refractivity contribution in [3.05, 3.63) is 65.7 Å². The first kappa shape index (κ1) is 21.9. The van der Waals surface area contributed by atoms with Crippen LogP contribution in [0.4, 0.5) is 13.2 Å². The largest absolute Gasteiger partial charge is 0.493 e. The predicted octanol–water partition coefficient (Wildman–Crippen LogP) is 5.54. The molecule has 0 radical (unpaired) electrons. The summed E-state index contributed by atoms with van der Waals surface area (Å²) in [7, 11) is 0. The topological polar surface area (TPSA) is 88.1 Å². The molecule has 168 valence electrons. The van der Waals surface area contributed by atoms with Gasteiger partial charge in [0.2, 0.25) is 0 Å². The standard InChI is InChI=1S/C23H22F3N3O3/c24-23(25,26)20-12-28-21(29-20)17-8-9-19(27-11-17)15-6-4-14(5-7-15)13-32-18-3-1-2-16(10-18)22(30)31/h1-3,8-12,14-15H,4-7,13H2,(H,28,29)(H,30,31). The van der Waals surface area contributed by atoms with Crippen molar-refractivity contribution < 1.29 is 27.8 Å². The number of nitrogens with zero attached hydrogens (tertiary/aromatic N) is 2. The van der Waals surface area contributed by atoms with E-state index in [1.165, 1.54) is 12.1 Å². The lowest BCUT2D eigenvalue weighted by atomic mass is 9.80. The van der Waals surface area contributed by atoms with Crippen LogP contribution < -0.4 is 4.74 Å². The van der Waals surface area contributed by atoms with Gasteiger partial charge in [-0.05, 0) is 61.9 Å². The maximum absolute atomic E-state index is 12.7. The van der Waals surface area contributed by atoms with Crippen LogP contribution in [0, 0.1) is 5.92 Å². The molecule has 1 aliphatic rings. The molecule has 0 aliphatic heterocycles. The molecule has 2 N–H and O–H groups in total. The summed E-state index contributed by atoms with van der Waals surface area (Å²) < 4.78 is 44.0. The number of pyridine rings is 1. The summed E-state index contributed by atoms with van der Waals surface area (Å²) in [5, 5.41) is 9.07. The number of hydrogen-bond donors (Lipinski definition) is 2. The van der Waals surface area contributed by atoms with Crippen LogP contribution >= 0.6 is 0 Å². The lowest BCUT2D eigenvalue weighted by Gasteiger charge is -2.28. The number of benzene rings is 1. The highest BCUT2D eigenvalue weighted by atomic mass is 19.4. The highest BCUT2D eigenvalue weighted by molar-refractivity contribution is 5.88. The normalized spacial score (nSPS) is 19.0. The molecular formula is C23H22F3N3O3. The van der Waals surface area contributed by atoms with Gasteiger partial charge in [-0.1, -0.05) is 6.07 Å². The average molecular weight is 445 g/mol. The Balaban J connectivity index is 1.30. The van der Waals surface area contributed by atoms with Crippen molar-refractivity contribution in [2.75, 3.05) is 6.61 Å². The second-order valence-corrected chi connectivity index (χ2v) is 7.98. The number of aromatic amines is 1. The monoisotopic (exact) mass is 445 g/mol. The summed E-state index contributed by atoms with van der Waals surface area (Å²) >= 11 is 0. The number of nitrogens with one attached hydrogen (secondary N) is 1. The van der Waals surface area contributed by atoms with E-state index in [0.29, 0.717) is 23.8 Å². The number of halogens is 3. The summed E-state index contributed by atoms with van der Waals surface area (Å²) in [6.45, 7) is 0.530. The van der Waals surface area contributed by atoms with Gasteiger partial charge in [0.1, 0.15) is 17.3 Å². The van der Waals surface area contributed by atoms with Gasteiger partial charge in [0.05, 0.1) is 18.4 Å². The molecule has 3 aromatic rings. The molecule has 2 heterocycles. The Morgan fingerprint density at radius 2 is 1.88 bits per heavy atom. The molecule has 1 saturated carbocycles. The number of aromatic carboxylic acids is 1. The molecule has 0 spiro atoms. The fraction of sp³-hybridized carbons (Fsp3) is 0.348. The summed E-state index contributed by atoms with van der Waals surface area (Å²) in [6, 6.07) is 10.1. The number of ether oxygens (including phenoxy) is 1. The summed E-state index contributed by atoms with van der Waals surface area (Å²) in [6.07, 6.45) is 1.67. The van der Waals surface area contributed by atoms with Crippen LogP contribution in [0.2, 0.25) is 0 Å². The van der Waals surface area contributed by atoms with Crippen molar-refractivity contribution in [3.8, 4) is 17.1 Å². The first-order chi connectivity index (χ1) is 15.3. The Morgan fingerprint density at radius 1 is 1.09 bits per heavy atom. The van der Waals surface area contributed by atoms with Crippen molar-refractivity contribution in [2.24, 2.45) is 5.92 Å². The number of carboxylic acid groups (broad SMARTS) is 1. The SMILES string of the molecule is O=C(O)c1cccc(OCC2CCC(c3ccc(-c4ncc(C(F)(F)F)[nH]4)cn3)CC2)c1. The number of imidazole rings is 1. The molecular weight excluding hydrogens is 423 g/mol. The quantitative estimate of drug-likeness (QED) is 0.520. The van der Waals surface area contributed by atoms with Crippen molar-refractivity contribution >= 4 is 5.97 Å². The smallest absolute Gasteiger partial charge is 0.432 e. The van der Waals surface area contributed by atoms with Crippen molar-refractivity contribution in [1.82, 2.24) is 15.0 Å². The minimum atomic E-state index is -4.46. The van der Waals surface area contributed by atoms with E-state index in [1.807, 2.05) is 6.07 Å². The van der Waals surface area contributed by atoms with Crippen LogP contribution in [-0.2, 0) is 6.18 Å². The highest BCUT2D eigenvalue weighted by Crippen LogP contribution is 2.36. The Kier molecular flexibility index (Phi) is 6.16. The number of hydrogen-bond acceptors (Lipinski definition) is 4. The Hall–Kier alpha value is -3.36. The van der Waals surface area contributed by atoms with E-state index >= 15 is 0 Å². The zero-order valence-electron chi connectivity index (χ0n) is 17.1. The van der Waals surface area contributed by atoms with E-state index in [4.69, 9.17) is 9.84 Å². The van der Waals surface area contributed by atoms with E-state index in [2.05, 4.69) is 15.0 Å². The molecule has 4 rings (SSSR count). The Bertz CT molecular complexity index is 1070. The van der Waals surface area contributed by atoms with Crippen LogP contribution in [0.5, 0.6) is 5.75 Å². The van der Waals surface area contributed by atoms with E-state index in [1.54, 1.807) is 24.4 Å². The molecule has 1 aromatic carbocycles. The molecule has 6 nitrogen and oxygen atoms in total. The van der Waals surface area contributed by atoms with Gasteiger partial charge in [-0.25, -0.2) is 9.78 Å². The zero-order valence-corrected chi connectivity index (χ0v) is 17.1. The predicted molar refractivity (Wildman–Crippen MR) is 110 cm³/mol. The third-order valence-corrected chi connectivity index (χ3v) is 5.77. The van der Waals surface area contributed by atoms with Crippen molar-refractivity contribution in [3.63, 3.8) is 0 Å². The first-order valence-electron chi connectivity index (χ1n) is 10.3. The van der Waals surface area contributed by atoms with Gasteiger partial charge in [0.15, 0.2) is 0 Å². The van der Waals surface area contributed by atoms with E-state index in [9.17, 15) is 18.0 Å². The molecule has 1 aliphatic carbocycles. The number of carboxylic acids is 1. The second-order valence-electron chi connectivity index (χ2n) is 7.98. The van der Waals surface area contributed by atoms with E-state index < -0.39 is 17.8 Å². The minimum absolute atomic E-state index is 0.143. The number of alkyl halides is 3. The number of carbonyl (C=O) groups is 1. The van der Waals surface area contributed by atoms with Crippen molar-refractivity contribution in [1.29, 1.82) is 0 Å². The average Bonchev–Trinajstić information content (AvgIpc) is 3.29. The Morgan fingerprint density at radius 3 is 2.50 bits per heavy atom. The summed E-state index contributed by atoms with van der Waals surface area (Å²) in [5.41, 5.74) is 0.747. The van der Waals surface area contributed by atoms with Crippen LogP contribution in [0.1, 0.15) is 53.3 Å². The van der Waals surface area contributed by atoms with Crippen LogP contribution in [0.25, 0.3) is 11.4 Å². The molecule has 9 heteroatoms. The first-order valence-corrected chi connectivity index (χ1v) is 10.3. The number of rotatable bonds is 6. The molecule has 0 amide bonds. The van der Waals surface area contributed by atoms with Gasteiger partial charge in [-0.15, -0.1) is 0 Å². The molecule has 32 heavy (non-hydrogen) atoms. The fourth-order valence-electron chi connectivity index (χ4n) is 3.96. The fourth-order valence-corrected chi connectivity index (χ4v) is 3.96. The van der Waals surface area contributed by atoms with Crippen LogP contribution in [0.3, 0.4) is 0 Å². The summed E-state index contributed by atoms with van der Waals surface area (Å²) in [4.78, 5) is 21.6. The number of aromatic nitrogens is 3. The second kappa shape index (κ2) is 9.02. The Labute approximate surface area is 182 Å². The maximum atomic E-state index is 12.7. The third kappa shape index (κ3) is 5.09.